The first kappa shape index (κ1) is 17.1. The number of carbonyl (C=O) groups excluding carboxylic acids is 1. The fraction of sp³-hybridized carbons (Fsp3) is 0.227. The van der Waals surface area contributed by atoms with Gasteiger partial charge in [0.2, 0.25) is 0 Å². The van der Waals surface area contributed by atoms with E-state index in [0.29, 0.717) is 12.1 Å². The van der Waals surface area contributed by atoms with Gasteiger partial charge in [-0.2, -0.15) is 5.10 Å². The number of rotatable bonds is 4. The summed E-state index contributed by atoms with van der Waals surface area (Å²) in [4.78, 5) is 18.9. The van der Waals surface area contributed by atoms with Gasteiger partial charge < -0.3 is 5.32 Å². The predicted molar refractivity (Wildman–Crippen MR) is 112 cm³/mol. The lowest BCUT2D eigenvalue weighted by molar-refractivity contribution is 0.102. The normalized spacial score (nSPS) is 13.0. The van der Waals surface area contributed by atoms with Crippen LogP contribution in [0.1, 0.15) is 38.5 Å². The Morgan fingerprint density at radius 3 is 2.96 bits per heavy atom. The van der Waals surface area contributed by atoms with E-state index in [1.165, 1.54) is 22.4 Å². The van der Waals surface area contributed by atoms with E-state index in [-0.39, 0.29) is 5.91 Å². The van der Waals surface area contributed by atoms with Gasteiger partial charge in [-0.1, -0.05) is 12.1 Å². The minimum absolute atomic E-state index is 0.121. The van der Waals surface area contributed by atoms with E-state index in [4.69, 9.17) is 0 Å². The monoisotopic (exact) mass is 388 g/mol. The molecule has 6 heteroatoms. The van der Waals surface area contributed by atoms with Gasteiger partial charge in [0.05, 0.1) is 23.7 Å². The number of anilines is 1. The second kappa shape index (κ2) is 6.87. The highest BCUT2D eigenvalue weighted by Crippen LogP contribution is 2.26. The van der Waals surface area contributed by atoms with Gasteiger partial charge >= 0.3 is 0 Å². The average molecular weight is 388 g/mol. The molecule has 5 rings (SSSR count). The lowest BCUT2D eigenvalue weighted by Crippen LogP contribution is -2.13. The molecule has 0 spiro atoms. The number of amides is 1. The number of aromatic nitrogens is 3. The number of hydrogen-bond acceptors (Lipinski definition) is 4. The Bertz CT molecular complexity index is 1180. The number of thiophene rings is 1. The van der Waals surface area contributed by atoms with Crippen LogP contribution in [-0.4, -0.2) is 20.7 Å². The molecule has 0 saturated carbocycles. The standard InChI is InChI=1S/C22H20N4OS/c1-14-10-19(22(27)25-17-8-7-15-4-2-5-16(15)11-17)20-12-23-26(21(20)24-14)13-18-6-3-9-28-18/h3,6-12H,2,4-5,13H2,1H3,(H,25,27). The number of nitrogens with zero attached hydrogens (tertiary/aromatic N) is 3. The molecule has 0 atom stereocenters. The molecule has 3 aromatic heterocycles. The molecule has 0 saturated heterocycles. The number of carbonyl (C=O) groups is 1. The Morgan fingerprint density at radius 2 is 2.11 bits per heavy atom. The summed E-state index contributed by atoms with van der Waals surface area (Å²) in [5.74, 6) is -0.121. The molecular weight excluding hydrogens is 368 g/mol. The summed E-state index contributed by atoms with van der Waals surface area (Å²) >= 11 is 1.69. The van der Waals surface area contributed by atoms with Gasteiger partial charge in [0, 0.05) is 16.3 Å². The van der Waals surface area contributed by atoms with Crippen LogP contribution in [0, 0.1) is 6.92 Å². The first-order valence-corrected chi connectivity index (χ1v) is 10.3. The molecule has 3 heterocycles. The lowest BCUT2D eigenvalue weighted by atomic mass is 10.1. The van der Waals surface area contributed by atoms with Gasteiger partial charge in [0.15, 0.2) is 5.65 Å². The van der Waals surface area contributed by atoms with Crippen LogP contribution in [0.5, 0.6) is 0 Å². The Balaban J connectivity index is 1.48. The predicted octanol–water partition coefficient (Wildman–Crippen LogP) is 4.59. The van der Waals surface area contributed by atoms with Crippen LogP contribution in [-0.2, 0) is 19.4 Å². The first-order valence-electron chi connectivity index (χ1n) is 9.46. The zero-order valence-electron chi connectivity index (χ0n) is 15.6. The van der Waals surface area contributed by atoms with Gasteiger partial charge in [-0.3, -0.25) is 4.79 Å². The number of aryl methyl sites for hydroxylation is 3. The highest BCUT2D eigenvalue weighted by molar-refractivity contribution is 7.09. The van der Waals surface area contributed by atoms with Crippen molar-refractivity contribution in [2.45, 2.75) is 32.7 Å². The minimum atomic E-state index is -0.121. The quantitative estimate of drug-likeness (QED) is 0.556. The van der Waals surface area contributed by atoms with Crippen molar-refractivity contribution in [3.63, 3.8) is 0 Å². The van der Waals surface area contributed by atoms with Crippen LogP contribution < -0.4 is 5.32 Å². The summed E-state index contributed by atoms with van der Waals surface area (Å²) in [6, 6.07) is 12.2. The summed E-state index contributed by atoms with van der Waals surface area (Å²) < 4.78 is 1.86. The molecule has 0 aliphatic heterocycles. The van der Waals surface area contributed by atoms with Crippen molar-refractivity contribution in [3.8, 4) is 0 Å². The zero-order valence-corrected chi connectivity index (χ0v) is 16.4. The van der Waals surface area contributed by atoms with Crippen LogP contribution in [0.4, 0.5) is 5.69 Å². The summed E-state index contributed by atoms with van der Waals surface area (Å²) in [5, 5.41) is 10.4. The third-order valence-corrected chi connectivity index (χ3v) is 6.09. The van der Waals surface area contributed by atoms with Crippen LogP contribution >= 0.6 is 11.3 Å². The summed E-state index contributed by atoms with van der Waals surface area (Å²) in [7, 11) is 0. The highest BCUT2D eigenvalue weighted by atomic mass is 32.1. The Labute approximate surface area is 167 Å². The van der Waals surface area contributed by atoms with Crippen molar-refractivity contribution in [2.75, 3.05) is 5.32 Å². The summed E-state index contributed by atoms with van der Waals surface area (Å²) in [6.45, 7) is 2.57. The molecule has 140 valence electrons. The highest BCUT2D eigenvalue weighted by Gasteiger charge is 2.17. The third-order valence-electron chi connectivity index (χ3n) is 5.22. The van der Waals surface area contributed by atoms with Gasteiger partial charge in [-0.15, -0.1) is 11.3 Å². The lowest BCUT2D eigenvalue weighted by Gasteiger charge is -2.09. The number of hydrogen-bond donors (Lipinski definition) is 1. The van der Waals surface area contributed by atoms with E-state index in [0.717, 1.165) is 35.3 Å². The molecule has 1 aromatic carbocycles. The second-order valence-electron chi connectivity index (χ2n) is 7.22. The van der Waals surface area contributed by atoms with Crippen LogP contribution in [0.15, 0.2) is 48.0 Å². The van der Waals surface area contributed by atoms with E-state index in [2.05, 4.69) is 39.0 Å². The van der Waals surface area contributed by atoms with Crippen LogP contribution in [0.2, 0.25) is 0 Å². The van der Waals surface area contributed by atoms with E-state index in [1.54, 1.807) is 17.5 Å². The maximum absolute atomic E-state index is 13.0. The molecule has 0 fully saturated rings. The fourth-order valence-corrected chi connectivity index (χ4v) is 4.56. The fourth-order valence-electron chi connectivity index (χ4n) is 3.87. The molecule has 0 bridgehead atoms. The van der Waals surface area contributed by atoms with Gasteiger partial charge in [-0.05, 0) is 67.0 Å². The van der Waals surface area contributed by atoms with Crippen molar-refractivity contribution in [3.05, 3.63) is 75.2 Å². The Morgan fingerprint density at radius 1 is 1.21 bits per heavy atom. The topological polar surface area (TPSA) is 59.8 Å². The Hall–Kier alpha value is -2.99. The van der Waals surface area contributed by atoms with Crippen molar-refractivity contribution in [1.82, 2.24) is 14.8 Å². The van der Waals surface area contributed by atoms with Crippen LogP contribution in [0.25, 0.3) is 11.0 Å². The molecule has 1 aliphatic rings. The molecule has 0 unspecified atom stereocenters. The second-order valence-corrected chi connectivity index (χ2v) is 8.25. The van der Waals surface area contributed by atoms with Crippen molar-refractivity contribution in [1.29, 1.82) is 0 Å². The molecule has 1 N–H and O–H groups in total. The zero-order chi connectivity index (χ0) is 19.1. The smallest absolute Gasteiger partial charge is 0.256 e. The number of nitrogens with one attached hydrogen (secondary N) is 1. The van der Waals surface area contributed by atoms with E-state index in [9.17, 15) is 4.79 Å². The maximum Gasteiger partial charge on any atom is 0.256 e. The minimum Gasteiger partial charge on any atom is -0.322 e. The SMILES string of the molecule is Cc1cc(C(=O)Nc2ccc3c(c2)CCC3)c2cnn(Cc3cccs3)c2n1. The average Bonchev–Trinajstić information content (AvgIpc) is 3.43. The van der Waals surface area contributed by atoms with E-state index in [1.807, 2.05) is 29.8 Å². The number of benzene rings is 1. The first-order chi connectivity index (χ1) is 13.7. The number of fused-ring (bicyclic) bond motifs is 2. The molecule has 4 aromatic rings. The summed E-state index contributed by atoms with van der Waals surface area (Å²) in [5.41, 5.74) is 5.75. The van der Waals surface area contributed by atoms with Crippen molar-refractivity contribution < 1.29 is 4.79 Å². The third kappa shape index (κ3) is 3.10. The number of pyridine rings is 1. The van der Waals surface area contributed by atoms with Gasteiger partial charge in [0.25, 0.3) is 5.91 Å². The van der Waals surface area contributed by atoms with Gasteiger partial charge in [0.1, 0.15) is 0 Å². The molecule has 1 aliphatic carbocycles. The molecular formula is C22H20N4OS. The van der Waals surface area contributed by atoms with Crippen molar-refractivity contribution >= 4 is 34.0 Å². The van der Waals surface area contributed by atoms with Crippen molar-refractivity contribution in [2.24, 2.45) is 0 Å². The molecule has 28 heavy (non-hydrogen) atoms. The van der Waals surface area contributed by atoms with E-state index >= 15 is 0 Å². The molecule has 0 radical (unpaired) electrons. The summed E-state index contributed by atoms with van der Waals surface area (Å²) in [6.07, 6.45) is 5.16. The van der Waals surface area contributed by atoms with Crippen LogP contribution in [0.3, 0.4) is 0 Å². The maximum atomic E-state index is 13.0. The van der Waals surface area contributed by atoms with Gasteiger partial charge in [-0.25, -0.2) is 9.67 Å². The van der Waals surface area contributed by atoms with E-state index < -0.39 is 0 Å². The molecule has 5 nitrogen and oxygen atoms in total. The molecule has 1 amide bonds. The Kier molecular flexibility index (Phi) is 4.20. The largest absolute Gasteiger partial charge is 0.322 e.